The molecule has 0 aromatic heterocycles. The maximum Gasteiger partial charge on any atom is 0.337 e. The molecule has 0 atom stereocenters. The van der Waals surface area contributed by atoms with Crippen LogP contribution in [-0.2, 0) is 25.6 Å². The second kappa shape index (κ2) is 7.82. The summed E-state index contributed by atoms with van der Waals surface area (Å²) in [6.45, 7) is 0. The molecule has 0 saturated carbocycles. The van der Waals surface area contributed by atoms with Crippen LogP contribution in [0.4, 0.5) is 0 Å². The number of benzene rings is 2. The number of carbonyl (C=O) groups excluding carboxylic acids is 4. The Morgan fingerprint density at radius 3 is 2.30 bits per heavy atom. The molecule has 0 bridgehead atoms. The van der Waals surface area contributed by atoms with Crippen LogP contribution in [0.15, 0.2) is 48.5 Å². The van der Waals surface area contributed by atoms with Crippen LogP contribution in [0.3, 0.4) is 0 Å². The van der Waals surface area contributed by atoms with Crippen LogP contribution >= 0.6 is 0 Å². The van der Waals surface area contributed by atoms with Crippen molar-refractivity contribution in [1.82, 2.24) is 10.4 Å². The Labute approximate surface area is 155 Å². The normalized spacial score (nSPS) is 13.6. The molecule has 7 nitrogen and oxygen atoms in total. The van der Waals surface area contributed by atoms with Crippen molar-refractivity contribution >= 4 is 23.7 Å². The summed E-state index contributed by atoms with van der Waals surface area (Å²) in [5.74, 6) is -1.84. The maximum absolute atomic E-state index is 12.0. The van der Waals surface area contributed by atoms with Gasteiger partial charge in [0.15, 0.2) is 0 Å². The van der Waals surface area contributed by atoms with Gasteiger partial charge in [0.05, 0.1) is 6.42 Å². The Morgan fingerprint density at radius 1 is 1.00 bits per heavy atom. The summed E-state index contributed by atoms with van der Waals surface area (Å²) in [7, 11) is 1.58. The summed E-state index contributed by atoms with van der Waals surface area (Å²) in [4.78, 5) is 51.5. The van der Waals surface area contributed by atoms with E-state index in [1.54, 1.807) is 37.4 Å². The van der Waals surface area contributed by atoms with Crippen LogP contribution in [0.1, 0.15) is 28.8 Å². The van der Waals surface area contributed by atoms with E-state index in [1.165, 1.54) is 0 Å². The van der Waals surface area contributed by atoms with Crippen LogP contribution in [0.2, 0.25) is 0 Å². The predicted molar refractivity (Wildman–Crippen MR) is 96.2 cm³/mol. The highest BCUT2D eigenvalue weighted by atomic mass is 16.7. The summed E-state index contributed by atoms with van der Waals surface area (Å²) >= 11 is 0. The molecule has 0 unspecified atom stereocenters. The SMILES string of the molecule is CNC(=O)c1cccc(-c2ccc(CC(=O)ON3C(=O)CCC3=O)cc2)c1. The fourth-order valence-electron chi connectivity index (χ4n) is 2.76. The summed E-state index contributed by atoms with van der Waals surface area (Å²) < 4.78 is 0. The van der Waals surface area contributed by atoms with Gasteiger partial charge in [-0.1, -0.05) is 36.4 Å². The van der Waals surface area contributed by atoms with E-state index in [-0.39, 0.29) is 25.2 Å². The van der Waals surface area contributed by atoms with Crippen molar-refractivity contribution in [3.05, 3.63) is 59.7 Å². The first kappa shape index (κ1) is 18.3. The minimum absolute atomic E-state index is 0.0599. The molecule has 138 valence electrons. The van der Waals surface area contributed by atoms with Crippen LogP contribution in [0.25, 0.3) is 11.1 Å². The average molecular weight is 366 g/mol. The number of nitrogens with zero attached hydrogens (tertiary/aromatic N) is 1. The second-order valence-electron chi connectivity index (χ2n) is 6.08. The van der Waals surface area contributed by atoms with Gasteiger partial charge < -0.3 is 10.2 Å². The van der Waals surface area contributed by atoms with Gasteiger partial charge in [-0.05, 0) is 28.8 Å². The third kappa shape index (κ3) is 4.20. The maximum atomic E-state index is 12.0. The number of hydroxylamine groups is 2. The van der Waals surface area contributed by atoms with Gasteiger partial charge in [0.25, 0.3) is 17.7 Å². The molecule has 7 heteroatoms. The summed E-state index contributed by atoms with van der Waals surface area (Å²) in [6, 6.07) is 14.4. The van der Waals surface area contributed by atoms with E-state index >= 15 is 0 Å². The summed E-state index contributed by atoms with van der Waals surface area (Å²) in [5.41, 5.74) is 3.01. The lowest BCUT2D eigenvalue weighted by molar-refractivity contribution is -0.197. The molecule has 2 aromatic rings. The van der Waals surface area contributed by atoms with Gasteiger partial charge >= 0.3 is 5.97 Å². The highest BCUT2D eigenvalue weighted by molar-refractivity contribution is 6.01. The van der Waals surface area contributed by atoms with Gasteiger partial charge in [-0.25, -0.2) is 4.79 Å². The number of hydrogen-bond acceptors (Lipinski definition) is 5. The van der Waals surface area contributed by atoms with E-state index in [1.807, 2.05) is 18.2 Å². The predicted octanol–water partition coefficient (Wildman–Crippen LogP) is 1.86. The largest absolute Gasteiger partial charge is 0.355 e. The van der Waals surface area contributed by atoms with Gasteiger partial charge in [-0.2, -0.15) is 0 Å². The van der Waals surface area contributed by atoms with Crippen LogP contribution in [0, 0.1) is 0 Å². The van der Waals surface area contributed by atoms with E-state index in [9.17, 15) is 19.2 Å². The number of carbonyl (C=O) groups is 4. The van der Waals surface area contributed by atoms with E-state index in [0.717, 1.165) is 11.1 Å². The van der Waals surface area contributed by atoms with Crippen molar-refractivity contribution in [3.8, 4) is 11.1 Å². The molecule has 1 aliphatic rings. The minimum Gasteiger partial charge on any atom is -0.355 e. The molecular weight excluding hydrogens is 348 g/mol. The number of rotatable bonds is 5. The zero-order valence-corrected chi connectivity index (χ0v) is 14.7. The Balaban J connectivity index is 1.67. The Morgan fingerprint density at radius 2 is 1.67 bits per heavy atom. The zero-order valence-electron chi connectivity index (χ0n) is 14.7. The average Bonchev–Trinajstić information content (AvgIpc) is 3.00. The summed E-state index contributed by atoms with van der Waals surface area (Å²) in [5, 5.41) is 3.13. The molecule has 1 N–H and O–H groups in total. The fourth-order valence-corrected chi connectivity index (χ4v) is 2.76. The van der Waals surface area contributed by atoms with Crippen molar-refractivity contribution in [3.63, 3.8) is 0 Å². The van der Waals surface area contributed by atoms with Crippen molar-refractivity contribution in [2.75, 3.05) is 7.05 Å². The Hall–Kier alpha value is -3.48. The Kier molecular flexibility index (Phi) is 5.30. The first-order valence-electron chi connectivity index (χ1n) is 8.46. The monoisotopic (exact) mass is 366 g/mol. The zero-order chi connectivity index (χ0) is 19.4. The highest BCUT2D eigenvalue weighted by Crippen LogP contribution is 2.21. The number of nitrogens with one attached hydrogen (secondary N) is 1. The molecule has 1 heterocycles. The van der Waals surface area contributed by atoms with E-state index < -0.39 is 17.8 Å². The number of imide groups is 1. The fraction of sp³-hybridized carbons (Fsp3) is 0.200. The molecule has 27 heavy (non-hydrogen) atoms. The molecule has 0 spiro atoms. The van der Waals surface area contributed by atoms with E-state index in [2.05, 4.69) is 5.32 Å². The molecule has 1 fully saturated rings. The van der Waals surface area contributed by atoms with Gasteiger partial charge in [-0.15, -0.1) is 5.06 Å². The van der Waals surface area contributed by atoms with Crippen molar-refractivity contribution in [2.45, 2.75) is 19.3 Å². The van der Waals surface area contributed by atoms with Gasteiger partial charge in [-0.3, -0.25) is 14.4 Å². The van der Waals surface area contributed by atoms with Crippen molar-refractivity contribution in [2.24, 2.45) is 0 Å². The lowest BCUT2D eigenvalue weighted by Crippen LogP contribution is -2.32. The molecule has 3 rings (SSSR count). The minimum atomic E-state index is -0.673. The molecular formula is C20H18N2O5. The quantitative estimate of drug-likeness (QED) is 0.816. The number of hydrogen-bond donors (Lipinski definition) is 1. The molecule has 1 saturated heterocycles. The van der Waals surface area contributed by atoms with Crippen LogP contribution < -0.4 is 5.32 Å². The molecule has 3 amide bonds. The molecule has 0 aliphatic carbocycles. The van der Waals surface area contributed by atoms with Gasteiger partial charge in [0, 0.05) is 25.5 Å². The highest BCUT2D eigenvalue weighted by Gasteiger charge is 2.32. The van der Waals surface area contributed by atoms with Crippen molar-refractivity contribution in [1.29, 1.82) is 0 Å². The second-order valence-corrected chi connectivity index (χ2v) is 6.08. The van der Waals surface area contributed by atoms with Crippen molar-refractivity contribution < 1.29 is 24.0 Å². The molecule has 1 aliphatic heterocycles. The Bertz CT molecular complexity index is 889. The van der Waals surface area contributed by atoms with Gasteiger partial charge in [0.1, 0.15) is 0 Å². The lowest BCUT2D eigenvalue weighted by atomic mass is 10.0. The lowest BCUT2D eigenvalue weighted by Gasteiger charge is -2.12. The van der Waals surface area contributed by atoms with E-state index in [4.69, 9.17) is 4.84 Å². The summed E-state index contributed by atoms with van der Waals surface area (Å²) in [6.07, 6.45) is 0.0709. The first-order chi connectivity index (χ1) is 13.0. The van der Waals surface area contributed by atoms with Gasteiger partial charge in [0.2, 0.25) is 0 Å². The third-order valence-corrected chi connectivity index (χ3v) is 4.19. The van der Waals surface area contributed by atoms with E-state index in [0.29, 0.717) is 16.2 Å². The first-order valence-corrected chi connectivity index (χ1v) is 8.46. The standard InChI is InChI=1S/C20H18N2O5/c1-21-20(26)16-4-2-3-15(12-16)14-7-5-13(6-8-14)11-19(25)27-22-17(23)9-10-18(22)24/h2-8,12H,9-11H2,1H3,(H,21,26). The third-order valence-electron chi connectivity index (χ3n) is 4.19. The number of amides is 3. The molecule has 0 radical (unpaired) electrons. The molecule has 2 aromatic carbocycles. The van der Waals surface area contributed by atoms with Crippen LogP contribution in [-0.4, -0.2) is 35.8 Å². The van der Waals surface area contributed by atoms with Crippen LogP contribution in [0.5, 0.6) is 0 Å². The topological polar surface area (TPSA) is 92.8 Å². The smallest absolute Gasteiger partial charge is 0.337 e.